The Morgan fingerprint density at radius 3 is 2.96 bits per heavy atom. The Labute approximate surface area is 146 Å². The van der Waals surface area contributed by atoms with E-state index in [2.05, 4.69) is 10.1 Å². The van der Waals surface area contributed by atoms with Gasteiger partial charge in [-0.3, -0.25) is 9.59 Å². The summed E-state index contributed by atoms with van der Waals surface area (Å²) in [6.07, 6.45) is 6.34. The Morgan fingerprint density at radius 1 is 1.24 bits per heavy atom. The summed E-state index contributed by atoms with van der Waals surface area (Å²) in [6, 6.07) is 8.00. The molecule has 0 radical (unpaired) electrons. The molecule has 1 atom stereocenters. The number of carbonyl (C=O) groups excluding carboxylic acids is 2. The Morgan fingerprint density at radius 2 is 2.12 bits per heavy atom. The second-order valence-corrected chi connectivity index (χ2v) is 6.62. The number of aromatic nitrogens is 3. The highest BCUT2D eigenvalue weighted by Gasteiger charge is 2.30. The van der Waals surface area contributed by atoms with Crippen molar-refractivity contribution in [3.8, 4) is 0 Å². The predicted octanol–water partition coefficient (Wildman–Crippen LogP) is 1.42. The van der Waals surface area contributed by atoms with E-state index < -0.39 is 0 Å². The quantitative estimate of drug-likeness (QED) is 0.848. The van der Waals surface area contributed by atoms with Gasteiger partial charge in [-0.15, -0.1) is 0 Å². The van der Waals surface area contributed by atoms with Gasteiger partial charge in [0.05, 0.1) is 6.04 Å². The number of rotatable bonds is 3. The van der Waals surface area contributed by atoms with Gasteiger partial charge in [0.25, 0.3) is 0 Å². The van der Waals surface area contributed by atoms with E-state index in [9.17, 15) is 9.59 Å². The maximum absolute atomic E-state index is 12.8. The number of aryl methyl sites for hydroxylation is 1. The first-order chi connectivity index (χ1) is 12.2. The van der Waals surface area contributed by atoms with Gasteiger partial charge in [0.2, 0.25) is 11.8 Å². The highest BCUT2D eigenvalue weighted by molar-refractivity contribution is 6.01. The smallest absolute Gasteiger partial charge is 0.242 e. The molecule has 130 valence electrons. The molecule has 3 heterocycles. The minimum absolute atomic E-state index is 0.00475. The maximum atomic E-state index is 12.8. The van der Waals surface area contributed by atoms with Crippen LogP contribution in [0.15, 0.2) is 36.9 Å². The molecule has 2 aliphatic heterocycles. The summed E-state index contributed by atoms with van der Waals surface area (Å²) < 4.78 is 1.82. The summed E-state index contributed by atoms with van der Waals surface area (Å²) >= 11 is 0. The van der Waals surface area contributed by atoms with Gasteiger partial charge < -0.3 is 9.80 Å². The molecule has 0 spiro atoms. The lowest BCUT2D eigenvalue weighted by Gasteiger charge is -2.35. The first-order valence-corrected chi connectivity index (χ1v) is 8.72. The Bertz CT molecular complexity index is 774. The zero-order chi connectivity index (χ0) is 17.2. The van der Waals surface area contributed by atoms with Gasteiger partial charge in [-0.1, -0.05) is 18.2 Å². The summed E-state index contributed by atoms with van der Waals surface area (Å²) in [6.45, 7) is 1.46. The molecule has 1 fully saturated rings. The molecule has 1 aromatic carbocycles. The number of hydrogen-bond acceptors (Lipinski definition) is 4. The monoisotopic (exact) mass is 339 g/mol. The largest absolute Gasteiger partial charge is 0.339 e. The highest BCUT2D eigenvalue weighted by atomic mass is 16.2. The SMILES string of the molecule is O=C(CN1C(=O)CCc2ccccc21)N1CCCC(n2cncn2)C1. The van der Waals surface area contributed by atoms with Crippen molar-refractivity contribution in [1.29, 1.82) is 0 Å². The third kappa shape index (κ3) is 3.14. The lowest BCUT2D eigenvalue weighted by atomic mass is 10.0. The fourth-order valence-corrected chi connectivity index (χ4v) is 3.71. The van der Waals surface area contributed by atoms with Crippen molar-refractivity contribution in [2.75, 3.05) is 24.5 Å². The number of piperidine rings is 1. The summed E-state index contributed by atoms with van der Waals surface area (Å²) in [5.74, 6) is 0.0201. The Kier molecular flexibility index (Phi) is 4.21. The molecule has 2 aliphatic rings. The average molecular weight is 339 g/mol. The maximum Gasteiger partial charge on any atom is 0.242 e. The third-order valence-electron chi connectivity index (χ3n) is 5.04. The van der Waals surface area contributed by atoms with Crippen molar-refractivity contribution in [2.45, 2.75) is 31.7 Å². The number of para-hydroxylation sites is 1. The molecule has 1 unspecified atom stereocenters. The number of likely N-dealkylation sites (tertiary alicyclic amines) is 1. The summed E-state index contributed by atoms with van der Waals surface area (Å²) in [5.41, 5.74) is 2.01. The minimum Gasteiger partial charge on any atom is -0.339 e. The number of amides is 2. The third-order valence-corrected chi connectivity index (χ3v) is 5.04. The second kappa shape index (κ2) is 6.66. The molecule has 4 rings (SSSR count). The molecular weight excluding hydrogens is 318 g/mol. The van der Waals surface area contributed by atoms with Crippen LogP contribution in [0.3, 0.4) is 0 Å². The van der Waals surface area contributed by atoms with Gasteiger partial charge in [-0.05, 0) is 30.9 Å². The van der Waals surface area contributed by atoms with Crippen molar-refractivity contribution in [3.63, 3.8) is 0 Å². The van der Waals surface area contributed by atoms with Crippen LogP contribution < -0.4 is 4.90 Å². The van der Waals surface area contributed by atoms with E-state index in [0.717, 1.165) is 37.1 Å². The number of hydrogen-bond donors (Lipinski definition) is 0. The van der Waals surface area contributed by atoms with Crippen LogP contribution in [0.4, 0.5) is 5.69 Å². The van der Waals surface area contributed by atoms with Gasteiger partial charge in [-0.25, -0.2) is 9.67 Å². The fourth-order valence-electron chi connectivity index (χ4n) is 3.71. The zero-order valence-corrected chi connectivity index (χ0v) is 14.0. The molecule has 0 bridgehead atoms. The number of fused-ring (bicyclic) bond motifs is 1. The molecule has 0 saturated carbocycles. The van der Waals surface area contributed by atoms with Crippen LogP contribution in [0.25, 0.3) is 0 Å². The molecular formula is C18H21N5O2. The molecule has 2 amide bonds. The van der Waals surface area contributed by atoms with Crippen LogP contribution >= 0.6 is 0 Å². The zero-order valence-electron chi connectivity index (χ0n) is 14.0. The Balaban J connectivity index is 1.47. The normalized spacial score (nSPS) is 20.5. The minimum atomic E-state index is -0.00475. The number of nitrogens with zero attached hydrogens (tertiary/aromatic N) is 5. The fraction of sp³-hybridized carbons (Fsp3) is 0.444. The van der Waals surface area contributed by atoms with E-state index >= 15 is 0 Å². The average Bonchev–Trinajstić information content (AvgIpc) is 3.19. The molecule has 25 heavy (non-hydrogen) atoms. The Hall–Kier alpha value is -2.70. The van der Waals surface area contributed by atoms with E-state index in [0.29, 0.717) is 13.0 Å². The number of benzene rings is 1. The molecule has 0 aliphatic carbocycles. The van der Waals surface area contributed by atoms with E-state index in [1.807, 2.05) is 33.8 Å². The molecule has 7 nitrogen and oxygen atoms in total. The molecule has 0 N–H and O–H groups in total. The number of carbonyl (C=O) groups is 2. The van der Waals surface area contributed by atoms with Crippen molar-refractivity contribution in [1.82, 2.24) is 19.7 Å². The molecule has 7 heteroatoms. The summed E-state index contributed by atoms with van der Waals surface area (Å²) in [7, 11) is 0. The first kappa shape index (κ1) is 15.8. The molecule has 2 aromatic rings. The van der Waals surface area contributed by atoms with Crippen molar-refractivity contribution in [3.05, 3.63) is 42.5 Å². The number of anilines is 1. The van der Waals surface area contributed by atoms with Gasteiger partial charge in [0, 0.05) is 25.2 Å². The lowest BCUT2D eigenvalue weighted by molar-refractivity contribution is -0.133. The van der Waals surface area contributed by atoms with Crippen LogP contribution in [0.2, 0.25) is 0 Å². The van der Waals surface area contributed by atoms with Crippen LogP contribution in [0, 0.1) is 0 Å². The van der Waals surface area contributed by atoms with E-state index in [1.54, 1.807) is 11.2 Å². The molecule has 1 saturated heterocycles. The van der Waals surface area contributed by atoms with E-state index in [1.165, 1.54) is 6.33 Å². The van der Waals surface area contributed by atoms with E-state index in [4.69, 9.17) is 0 Å². The van der Waals surface area contributed by atoms with Crippen LogP contribution in [-0.4, -0.2) is 51.1 Å². The lowest BCUT2D eigenvalue weighted by Crippen LogP contribution is -2.48. The van der Waals surface area contributed by atoms with Crippen molar-refractivity contribution < 1.29 is 9.59 Å². The van der Waals surface area contributed by atoms with Crippen LogP contribution in [0.5, 0.6) is 0 Å². The van der Waals surface area contributed by atoms with Crippen molar-refractivity contribution in [2.24, 2.45) is 0 Å². The van der Waals surface area contributed by atoms with Crippen LogP contribution in [0.1, 0.15) is 30.9 Å². The predicted molar refractivity (Wildman–Crippen MR) is 92.0 cm³/mol. The molecule has 1 aromatic heterocycles. The summed E-state index contributed by atoms with van der Waals surface area (Å²) in [5, 5.41) is 4.19. The highest BCUT2D eigenvalue weighted by Crippen LogP contribution is 2.28. The summed E-state index contributed by atoms with van der Waals surface area (Å²) in [4.78, 5) is 32.7. The van der Waals surface area contributed by atoms with Gasteiger partial charge in [0.1, 0.15) is 19.2 Å². The van der Waals surface area contributed by atoms with Gasteiger partial charge in [0.15, 0.2) is 0 Å². The van der Waals surface area contributed by atoms with Gasteiger partial charge >= 0.3 is 0 Å². The topological polar surface area (TPSA) is 71.3 Å². The van der Waals surface area contributed by atoms with E-state index in [-0.39, 0.29) is 24.4 Å². The van der Waals surface area contributed by atoms with Gasteiger partial charge in [-0.2, -0.15) is 5.10 Å². The standard InChI is InChI=1S/C18H21N5O2/c24-17-8-7-14-4-1-2-6-16(14)22(17)11-18(25)21-9-3-5-15(10-21)23-13-19-12-20-23/h1-2,4,6,12-13,15H,3,5,7-11H2. The second-order valence-electron chi connectivity index (χ2n) is 6.62. The first-order valence-electron chi connectivity index (χ1n) is 8.72. The van der Waals surface area contributed by atoms with Crippen LogP contribution in [-0.2, 0) is 16.0 Å². The van der Waals surface area contributed by atoms with Crippen molar-refractivity contribution >= 4 is 17.5 Å².